The molecule has 0 bridgehead atoms. The molecule has 18 heavy (non-hydrogen) atoms. The molecule has 0 aliphatic carbocycles. The van der Waals surface area contributed by atoms with E-state index in [0.29, 0.717) is 28.6 Å². The van der Waals surface area contributed by atoms with Crippen LogP contribution in [0.3, 0.4) is 0 Å². The minimum Gasteiger partial charge on any atom is -0.380 e. The summed E-state index contributed by atoms with van der Waals surface area (Å²) in [6, 6.07) is 4.84. The summed E-state index contributed by atoms with van der Waals surface area (Å²) in [4.78, 5) is 12.0. The van der Waals surface area contributed by atoms with Crippen molar-refractivity contribution in [3.63, 3.8) is 0 Å². The van der Waals surface area contributed by atoms with Crippen LogP contribution in [-0.4, -0.2) is 28.1 Å². The Labute approximate surface area is 120 Å². The van der Waals surface area contributed by atoms with Crippen LogP contribution in [0.5, 0.6) is 0 Å². The predicted molar refractivity (Wildman–Crippen MR) is 76.6 cm³/mol. The fraction of sp³-hybridized carbons (Fsp3) is 0.417. The smallest absolute Gasteiger partial charge is 0.256 e. The van der Waals surface area contributed by atoms with Crippen LogP contribution >= 0.6 is 35.0 Å². The number of amides is 1. The maximum atomic E-state index is 12.0. The van der Waals surface area contributed by atoms with Gasteiger partial charge < -0.3 is 10.4 Å². The van der Waals surface area contributed by atoms with Gasteiger partial charge in [-0.3, -0.25) is 4.79 Å². The third-order valence-corrected chi connectivity index (χ3v) is 4.64. The normalized spacial score (nSPS) is 18.4. The highest BCUT2D eigenvalue weighted by Crippen LogP contribution is 2.29. The van der Waals surface area contributed by atoms with E-state index in [1.54, 1.807) is 30.0 Å². The number of thioether (sulfide) groups is 1. The molecule has 1 aromatic rings. The van der Waals surface area contributed by atoms with Crippen molar-refractivity contribution in [2.24, 2.45) is 0 Å². The number of benzene rings is 1. The highest BCUT2D eigenvalue weighted by molar-refractivity contribution is 7.99. The summed E-state index contributed by atoms with van der Waals surface area (Å²) in [5.74, 6) is 1.22. The van der Waals surface area contributed by atoms with Gasteiger partial charge in [0.2, 0.25) is 0 Å². The first-order valence-electron chi connectivity index (χ1n) is 5.58. The average Bonchev–Trinajstić information content (AvgIpc) is 2.35. The molecular weight excluding hydrogens is 293 g/mol. The van der Waals surface area contributed by atoms with Crippen molar-refractivity contribution < 1.29 is 9.90 Å². The van der Waals surface area contributed by atoms with Crippen LogP contribution < -0.4 is 5.32 Å². The van der Waals surface area contributed by atoms with Crippen molar-refractivity contribution in [2.45, 2.75) is 18.4 Å². The molecule has 0 aromatic heterocycles. The third-order valence-electron chi connectivity index (χ3n) is 2.92. The van der Waals surface area contributed by atoms with E-state index in [1.165, 1.54) is 0 Å². The molecule has 2 N–H and O–H groups in total. The van der Waals surface area contributed by atoms with Crippen LogP contribution in [-0.2, 0) is 4.79 Å². The molecule has 0 unspecified atom stereocenters. The van der Waals surface area contributed by atoms with Crippen molar-refractivity contribution in [1.29, 1.82) is 0 Å². The van der Waals surface area contributed by atoms with E-state index in [0.717, 1.165) is 11.5 Å². The SMILES string of the molecule is O=C(Nc1ccc(Cl)c(Cl)c1)C1(O)CCSCC1. The minimum atomic E-state index is -1.27. The molecule has 0 spiro atoms. The number of anilines is 1. The van der Waals surface area contributed by atoms with Gasteiger partial charge in [-0.15, -0.1) is 0 Å². The second kappa shape index (κ2) is 5.70. The number of rotatable bonds is 2. The van der Waals surface area contributed by atoms with Crippen molar-refractivity contribution in [3.8, 4) is 0 Å². The van der Waals surface area contributed by atoms with Gasteiger partial charge >= 0.3 is 0 Å². The molecule has 98 valence electrons. The summed E-state index contributed by atoms with van der Waals surface area (Å²) in [5.41, 5.74) is -0.724. The van der Waals surface area contributed by atoms with Gasteiger partial charge in [-0.25, -0.2) is 0 Å². The third kappa shape index (κ3) is 3.12. The molecule has 2 rings (SSSR count). The highest BCUT2D eigenvalue weighted by atomic mass is 35.5. The van der Waals surface area contributed by atoms with E-state index in [4.69, 9.17) is 23.2 Å². The van der Waals surface area contributed by atoms with E-state index in [1.807, 2.05) is 0 Å². The van der Waals surface area contributed by atoms with Crippen LogP contribution in [0.4, 0.5) is 5.69 Å². The van der Waals surface area contributed by atoms with E-state index < -0.39 is 5.60 Å². The summed E-state index contributed by atoms with van der Waals surface area (Å²) in [6.45, 7) is 0. The molecule has 1 aliphatic rings. The van der Waals surface area contributed by atoms with E-state index in [-0.39, 0.29) is 5.91 Å². The lowest BCUT2D eigenvalue weighted by atomic mass is 9.95. The zero-order valence-electron chi connectivity index (χ0n) is 9.58. The van der Waals surface area contributed by atoms with Gasteiger partial charge in [-0.05, 0) is 42.5 Å². The first-order chi connectivity index (χ1) is 8.51. The molecule has 3 nitrogen and oxygen atoms in total. The summed E-state index contributed by atoms with van der Waals surface area (Å²) in [6.07, 6.45) is 0.954. The molecular formula is C12H13Cl2NO2S. The lowest BCUT2D eigenvalue weighted by Gasteiger charge is -2.30. The molecule has 1 fully saturated rings. The van der Waals surface area contributed by atoms with Crippen LogP contribution in [0.25, 0.3) is 0 Å². The first kappa shape index (κ1) is 14.0. The molecule has 0 saturated carbocycles. The Morgan fingerprint density at radius 2 is 1.94 bits per heavy atom. The van der Waals surface area contributed by atoms with Crippen molar-refractivity contribution >= 4 is 46.6 Å². The topological polar surface area (TPSA) is 49.3 Å². The maximum absolute atomic E-state index is 12.0. The number of carbonyl (C=O) groups is 1. The average molecular weight is 306 g/mol. The Kier molecular flexibility index (Phi) is 4.43. The number of carbonyl (C=O) groups excluding carboxylic acids is 1. The van der Waals surface area contributed by atoms with Gasteiger partial charge in [0.25, 0.3) is 5.91 Å². The van der Waals surface area contributed by atoms with Gasteiger partial charge in [0.1, 0.15) is 5.60 Å². The van der Waals surface area contributed by atoms with Gasteiger partial charge in [0, 0.05) is 5.69 Å². The Bertz CT molecular complexity index is 461. The minimum absolute atomic E-state index is 0.374. The van der Waals surface area contributed by atoms with Gasteiger partial charge in [0.05, 0.1) is 10.0 Å². The zero-order chi connectivity index (χ0) is 13.2. The lowest BCUT2D eigenvalue weighted by Crippen LogP contribution is -2.45. The first-order valence-corrected chi connectivity index (χ1v) is 7.49. The van der Waals surface area contributed by atoms with Crippen molar-refractivity contribution in [3.05, 3.63) is 28.2 Å². The van der Waals surface area contributed by atoms with Gasteiger partial charge in [0.15, 0.2) is 0 Å². The Hall–Kier alpha value is -0.420. The number of hydrogen-bond donors (Lipinski definition) is 2. The fourth-order valence-electron chi connectivity index (χ4n) is 1.76. The van der Waals surface area contributed by atoms with E-state index >= 15 is 0 Å². The number of nitrogens with one attached hydrogen (secondary N) is 1. The number of hydrogen-bond acceptors (Lipinski definition) is 3. The Balaban J connectivity index is 2.08. The maximum Gasteiger partial charge on any atom is 0.256 e. The fourth-order valence-corrected chi connectivity index (χ4v) is 3.22. The van der Waals surface area contributed by atoms with Gasteiger partial charge in [-0.1, -0.05) is 23.2 Å². The lowest BCUT2D eigenvalue weighted by molar-refractivity contribution is -0.134. The monoisotopic (exact) mass is 305 g/mol. The molecule has 6 heteroatoms. The molecule has 1 aromatic carbocycles. The van der Waals surface area contributed by atoms with E-state index in [2.05, 4.69) is 5.32 Å². The Morgan fingerprint density at radius 3 is 2.56 bits per heavy atom. The second-order valence-electron chi connectivity index (χ2n) is 4.23. The summed E-state index contributed by atoms with van der Waals surface area (Å²) < 4.78 is 0. The molecule has 1 saturated heterocycles. The number of halogens is 2. The molecule has 0 atom stereocenters. The molecule has 1 heterocycles. The molecule has 0 radical (unpaired) electrons. The standard InChI is InChI=1S/C12H13Cl2NO2S/c13-9-2-1-8(7-10(9)14)15-11(16)12(17)3-5-18-6-4-12/h1-2,7,17H,3-6H2,(H,15,16). The van der Waals surface area contributed by atoms with E-state index in [9.17, 15) is 9.90 Å². The second-order valence-corrected chi connectivity index (χ2v) is 6.27. The van der Waals surface area contributed by atoms with Crippen LogP contribution in [0.2, 0.25) is 10.0 Å². The number of aliphatic hydroxyl groups is 1. The quantitative estimate of drug-likeness (QED) is 0.882. The Morgan fingerprint density at radius 1 is 1.28 bits per heavy atom. The molecule has 1 amide bonds. The molecule has 1 aliphatic heterocycles. The van der Waals surface area contributed by atoms with Crippen LogP contribution in [0.15, 0.2) is 18.2 Å². The largest absolute Gasteiger partial charge is 0.380 e. The summed E-state index contributed by atoms with van der Waals surface area (Å²) in [7, 11) is 0. The van der Waals surface area contributed by atoms with Crippen molar-refractivity contribution in [2.75, 3.05) is 16.8 Å². The zero-order valence-corrected chi connectivity index (χ0v) is 11.9. The predicted octanol–water partition coefficient (Wildman–Crippen LogP) is 3.19. The summed E-state index contributed by atoms with van der Waals surface area (Å²) in [5, 5.41) is 13.7. The summed E-state index contributed by atoms with van der Waals surface area (Å²) >= 11 is 13.4. The van der Waals surface area contributed by atoms with Gasteiger partial charge in [-0.2, -0.15) is 11.8 Å². The van der Waals surface area contributed by atoms with Crippen molar-refractivity contribution in [1.82, 2.24) is 0 Å². The highest BCUT2D eigenvalue weighted by Gasteiger charge is 2.37. The van der Waals surface area contributed by atoms with Crippen LogP contribution in [0.1, 0.15) is 12.8 Å². The van der Waals surface area contributed by atoms with Crippen LogP contribution in [0, 0.1) is 0 Å².